The maximum atomic E-state index is 12.8. The second-order valence-electron chi connectivity index (χ2n) is 14.5. The van der Waals surface area contributed by atoms with Gasteiger partial charge in [-0.1, -0.05) is 64.1 Å². The Kier molecular flexibility index (Phi) is 16.1. The summed E-state index contributed by atoms with van der Waals surface area (Å²) in [6.45, 7) is 8.75. The Bertz CT molecular complexity index is 2540. The topological polar surface area (TPSA) is 175 Å². The smallest absolute Gasteiger partial charge is 0.416 e. The summed E-state index contributed by atoms with van der Waals surface area (Å²) in [5.74, 6) is 0.849. The normalized spacial score (nSPS) is 11.7. The highest BCUT2D eigenvalue weighted by Gasteiger charge is 2.30. The molecule has 0 aromatic heterocycles. The minimum absolute atomic E-state index is 0.0195. The molecule has 15 heteroatoms. The number of benzene rings is 6. The molecule has 0 bridgehead atoms. The van der Waals surface area contributed by atoms with Gasteiger partial charge in [-0.3, -0.25) is 19.2 Å². The van der Waals surface area contributed by atoms with Gasteiger partial charge in [-0.2, -0.15) is 13.2 Å². The summed E-state index contributed by atoms with van der Waals surface area (Å²) < 4.78 is 50.2. The Morgan fingerprint density at radius 2 is 1.02 bits per heavy atom. The molecule has 0 spiro atoms. The second-order valence-corrected chi connectivity index (χ2v) is 14.5. The highest BCUT2D eigenvalue weighted by Crippen LogP contribution is 2.40. The van der Waals surface area contributed by atoms with E-state index in [1.807, 2.05) is 12.1 Å². The summed E-state index contributed by atoms with van der Waals surface area (Å²) in [5.41, 5.74) is 2.75. The predicted molar refractivity (Wildman–Crippen MR) is 240 cm³/mol. The third-order valence-electron chi connectivity index (χ3n) is 10.2. The first-order chi connectivity index (χ1) is 30.7. The molecule has 4 amide bonds. The molecule has 6 aromatic carbocycles. The Hall–Kier alpha value is -7.81. The van der Waals surface area contributed by atoms with Crippen molar-refractivity contribution in [2.45, 2.75) is 58.5 Å². The van der Waals surface area contributed by atoms with Crippen molar-refractivity contribution >= 4 is 47.4 Å². The maximum Gasteiger partial charge on any atom is 0.416 e. The lowest BCUT2D eigenvalue weighted by molar-refractivity contribution is -0.137. The van der Waals surface area contributed by atoms with Crippen molar-refractivity contribution < 1.29 is 52.0 Å². The van der Waals surface area contributed by atoms with Crippen LogP contribution in [0, 0.1) is 0 Å². The average molecular weight is 877 g/mol. The van der Waals surface area contributed by atoms with Crippen LogP contribution < -0.4 is 30.7 Å². The van der Waals surface area contributed by atoms with Gasteiger partial charge in [0, 0.05) is 11.4 Å². The van der Waals surface area contributed by atoms with Crippen molar-refractivity contribution in [3.63, 3.8) is 0 Å². The van der Waals surface area contributed by atoms with Crippen molar-refractivity contribution in [2.24, 2.45) is 0 Å². The van der Waals surface area contributed by atoms with E-state index in [2.05, 4.69) is 67.2 Å². The van der Waals surface area contributed by atoms with Crippen LogP contribution in [0.15, 0.2) is 127 Å². The Labute approximate surface area is 368 Å². The van der Waals surface area contributed by atoms with Gasteiger partial charge in [-0.25, -0.2) is 0 Å². The molecule has 0 aliphatic rings. The van der Waals surface area contributed by atoms with Gasteiger partial charge in [0.1, 0.15) is 23.0 Å². The van der Waals surface area contributed by atoms with E-state index in [4.69, 9.17) is 9.47 Å². The number of hydrogen-bond acceptors (Lipinski definition) is 8. The molecule has 6 N–H and O–H groups in total. The minimum atomic E-state index is -4.47. The largest absolute Gasteiger partial charge is 0.505 e. The molecule has 0 fully saturated rings. The molecule has 332 valence electrons. The number of rotatable bonds is 16. The van der Waals surface area contributed by atoms with Gasteiger partial charge in [-0.05, 0) is 127 Å². The summed E-state index contributed by atoms with van der Waals surface area (Å²) in [6.07, 6.45) is -1.62. The Morgan fingerprint density at radius 3 is 1.44 bits per heavy atom. The third kappa shape index (κ3) is 12.2. The molecule has 0 aliphatic heterocycles. The number of phenolic OH excluding ortho intramolecular Hbond substituents is 2. The number of carbonyl (C=O) groups is 4. The van der Waals surface area contributed by atoms with Crippen LogP contribution in [0.3, 0.4) is 0 Å². The average Bonchev–Trinajstić information content (AvgIpc) is 3.28. The van der Waals surface area contributed by atoms with E-state index >= 15 is 0 Å². The van der Waals surface area contributed by atoms with E-state index in [1.165, 1.54) is 77.9 Å². The quantitative estimate of drug-likeness (QED) is 0.0411. The van der Waals surface area contributed by atoms with E-state index in [9.17, 15) is 42.6 Å². The Morgan fingerprint density at radius 1 is 0.594 bits per heavy atom. The van der Waals surface area contributed by atoms with Crippen LogP contribution in [0.25, 0.3) is 0 Å². The summed E-state index contributed by atoms with van der Waals surface area (Å²) in [6, 6.07) is 32.8. The molecule has 0 aliphatic carbocycles. The number of aromatic hydroxyl groups is 2. The van der Waals surface area contributed by atoms with E-state index in [-0.39, 0.29) is 45.5 Å². The highest BCUT2D eigenvalue weighted by atomic mass is 19.4. The lowest BCUT2D eigenvalue weighted by Crippen LogP contribution is -2.12. The highest BCUT2D eigenvalue weighted by molar-refractivity contribution is 6.08. The SMILES string of the molecule is CCC(C)c1cccc(C(C)CC)c1Oc1ccc(NC(=O)c2cccc(NC=O)c2O)cc1.O=CNc1cccc(C(=O)Nc2ccc(Oc3cccc(C(F)(F)F)c3)cc2)c1O. The van der Waals surface area contributed by atoms with Gasteiger partial charge in [0.25, 0.3) is 11.8 Å². The number of phenols is 2. The van der Waals surface area contributed by atoms with Gasteiger partial charge >= 0.3 is 6.18 Å². The van der Waals surface area contributed by atoms with Gasteiger partial charge in [0.2, 0.25) is 12.8 Å². The predicted octanol–water partition coefficient (Wildman–Crippen LogP) is 12.1. The van der Waals surface area contributed by atoms with Crippen molar-refractivity contribution in [1.29, 1.82) is 0 Å². The molecule has 6 aromatic rings. The zero-order valence-electron chi connectivity index (χ0n) is 35.3. The zero-order chi connectivity index (χ0) is 46.4. The summed E-state index contributed by atoms with van der Waals surface area (Å²) >= 11 is 0. The standard InChI is InChI=1S/C28H32N2O4.C21H15F3N2O4/c1-5-18(3)22-9-7-10-23(19(4)6-2)27(22)34-21-15-13-20(14-16-21)30-28(33)24-11-8-12-25(26(24)32)29-17-31;22-21(23,24)13-3-1-4-16(11-13)30-15-9-7-14(8-10-15)26-20(29)17-5-2-6-18(19(17)28)25-12-27/h7-19,32H,5-6H2,1-4H3,(H,29,31)(H,30,33);1-12,28H,(H,25,27)(H,26,29). The number of ether oxygens (including phenoxy) is 2. The van der Waals surface area contributed by atoms with Crippen molar-refractivity contribution in [1.82, 2.24) is 0 Å². The number of amides is 4. The summed E-state index contributed by atoms with van der Waals surface area (Å²) in [4.78, 5) is 46.2. The number of alkyl halides is 3. The zero-order valence-corrected chi connectivity index (χ0v) is 35.3. The van der Waals surface area contributed by atoms with E-state index in [1.54, 1.807) is 18.2 Å². The van der Waals surface area contributed by atoms with Gasteiger partial charge < -0.3 is 41.0 Å². The molecular weight excluding hydrogens is 830 g/mol. The molecular formula is C49H47F3N4O8. The lowest BCUT2D eigenvalue weighted by atomic mass is 9.90. The number of hydrogen-bond donors (Lipinski definition) is 6. The number of carbonyl (C=O) groups excluding carboxylic acids is 4. The maximum absolute atomic E-state index is 12.8. The van der Waals surface area contributed by atoms with Crippen LogP contribution in [0.1, 0.15) is 89.8 Å². The van der Waals surface area contributed by atoms with Crippen LogP contribution in [0.2, 0.25) is 0 Å². The van der Waals surface area contributed by atoms with Crippen LogP contribution in [-0.2, 0) is 15.8 Å². The van der Waals surface area contributed by atoms with Crippen LogP contribution in [0.4, 0.5) is 35.9 Å². The van der Waals surface area contributed by atoms with E-state index < -0.39 is 23.6 Å². The molecule has 0 saturated carbocycles. The fourth-order valence-electron chi connectivity index (χ4n) is 6.32. The molecule has 6 rings (SSSR count). The van der Waals surface area contributed by atoms with Crippen LogP contribution in [0.5, 0.6) is 34.5 Å². The number of anilines is 4. The fraction of sp³-hybridized carbons (Fsp3) is 0.184. The molecule has 2 unspecified atom stereocenters. The molecule has 12 nitrogen and oxygen atoms in total. The van der Waals surface area contributed by atoms with Crippen molar-refractivity contribution in [2.75, 3.05) is 21.3 Å². The van der Waals surface area contributed by atoms with Gasteiger partial charge in [-0.15, -0.1) is 0 Å². The van der Waals surface area contributed by atoms with Crippen LogP contribution >= 0.6 is 0 Å². The third-order valence-corrected chi connectivity index (χ3v) is 10.2. The molecule has 64 heavy (non-hydrogen) atoms. The number of para-hydroxylation sites is 3. The van der Waals surface area contributed by atoms with Crippen LogP contribution in [-0.4, -0.2) is 34.8 Å². The van der Waals surface area contributed by atoms with E-state index in [0.29, 0.717) is 41.8 Å². The lowest BCUT2D eigenvalue weighted by Gasteiger charge is -2.22. The first-order valence-corrected chi connectivity index (χ1v) is 20.2. The monoisotopic (exact) mass is 876 g/mol. The second kappa shape index (κ2) is 21.8. The Balaban J connectivity index is 0.000000243. The molecule has 2 atom stereocenters. The first-order valence-electron chi connectivity index (χ1n) is 20.2. The summed E-state index contributed by atoms with van der Waals surface area (Å²) in [5, 5.41) is 30.3. The van der Waals surface area contributed by atoms with Crippen molar-refractivity contribution in [3.8, 4) is 34.5 Å². The number of halogens is 3. The molecule has 0 radical (unpaired) electrons. The first kappa shape index (κ1) is 47.2. The fourth-order valence-corrected chi connectivity index (χ4v) is 6.32. The molecule has 0 heterocycles. The molecule has 0 saturated heterocycles. The van der Waals surface area contributed by atoms with Gasteiger partial charge in [0.15, 0.2) is 11.5 Å². The summed E-state index contributed by atoms with van der Waals surface area (Å²) in [7, 11) is 0. The van der Waals surface area contributed by atoms with Crippen molar-refractivity contribution in [3.05, 3.63) is 155 Å². The van der Waals surface area contributed by atoms with E-state index in [0.717, 1.165) is 30.7 Å². The van der Waals surface area contributed by atoms with Gasteiger partial charge in [0.05, 0.1) is 28.1 Å². The minimum Gasteiger partial charge on any atom is -0.505 e. The number of nitrogens with one attached hydrogen (secondary N) is 4.